The van der Waals surface area contributed by atoms with E-state index in [2.05, 4.69) is 68.6 Å². The summed E-state index contributed by atoms with van der Waals surface area (Å²) in [4.78, 5) is 17.3. The predicted molar refractivity (Wildman–Crippen MR) is 98.9 cm³/mol. The van der Waals surface area contributed by atoms with Crippen molar-refractivity contribution in [3.63, 3.8) is 0 Å². The maximum atomic E-state index is 7.00. The Morgan fingerprint density at radius 2 is 1.12 bits per heavy atom. The summed E-state index contributed by atoms with van der Waals surface area (Å²) in [5, 5.41) is 7.00. The van der Waals surface area contributed by atoms with Gasteiger partial charge in [-0.3, -0.25) is 19.6 Å². The van der Waals surface area contributed by atoms with Crippen LogP contribution in [0.4, 0.5) is 0 Å². The van der Waals surface area contributed by atoms with Crippen LogP contribution in [-0.2, 0) is 19.6 Å². The molecular weight excluding hydrogens is 312 g/mol. The molecule has 0 rings (SSSR count). The Morgan fingerprint density at radius 1 is 0.875 bits per heavy atom. The molecule has 6 nitrogen and oxygen atoms in total. The van der Waals surface area contributed by atoms with Gasteiger partial charge in [-0.25, -0.2) is 0 Å². The van der Waals surface area contributed by atoms with Gasteiger partial charge in [0.05, 0.1) is 0 Å². The third kappa shape index (κ3) is 98.3. The molecule has 0 aliphatic carbocycles. The molecule has 0 unspecified atom stereocenters. The summed E-state index contributed by atoms with van der Waals surface area (Å²) >= 11 is 0. The van der Waals surface area contributed by atoms with Crippen molar-refractivity contribution in [2.75, 3.05) is 7.11 Å². The molecule has 0 aliphatic heterocycles. The highest BCUT2D eigenvalue weighted by atomic mass is 17.2. The molecule has 0 radical (unpaired) electrons. The molecule has 0 fully saturated rings. The van der Waals surface area contributed by atoms with Crippen molar-refractivity contribution in [1.29, 1.82) is 0 Å². The highest BCUT2D eigenvalue weighted by Gasteiger charge is 1.65. The standard InChI is InChI=1S/C7H8O2.C6H6O2.C2H2.CH4O.2CH4.H2O/c1-3-5-7-9-8-6-4-2;1-3-5-7-8-6-4-2;2*1-2;;;/h3,6-7H,2H2,1H3;5-6H,1-2H2;1-2H;2H,1H3;2*1H4;1H2/i;;1D;;;;. The van der Waals surface area contributed by atoms with Gasteiger partial charge in [0.15, 0.2) is 25.0 Å². The monoisotopic (exact) mass is 343 g/mol. The number of aliphatic hydroxyl groups is 1. The lowest BCUT2D eigenvalue weighted by Crippen LogP contribution is -1.71. The van der Waals surface area contributed by atoms with Crippen LogP contribution in [0.1, 0.15) is 23.1 Å². The summed E-state index contributed by atoms with van der Waals surface area (Å²) in [6.45, 7) is 11.5. The fraction of sp³-hybridized carbons (Fsp3) is 0.222. The zero-order chi connectivity index (χ0) is 17.9. The molecule has 0 aliphatic rings. The van der Waals surface area contributed by atoms with E-state index in [1.165, 1.54) is 31.4 Å². The smallest absolute Gasteiger partial charge is 0.184 e. The number of allylic oxidation sites excluding steroid dienone is 1. The highest BCUT2D eigenvalue weighted by molar-refractivity contribution is 4.73. The van der Waals surface area contributed by atoms with E-state index in [-0.39, 0.29) is 20.3 Å². The van der Waals surface area contributed by atoms with E-state index in [1.807, 2.05) is 6.92 Å². The summed E-state index contributed by atoms with van der Waals surface area (Å²) < 4.78 is 5.74. The van der Waals surface area contributed by atoms with E-state index >= 15 is 0 Å². The van der Waals surface area contributed by atoms with Crippen molar-refractivity contribution in [2.24, 2.45) is 0 Å². The lowest BCUT2D eigenvalue weighted by Gasteiger charge is -1.87. The summed E-state index contributed by atoms with van der Waals surface area (Å²) in [6.07, 6.45) is 12.3. The van der Waals surface area contributed by atoms with Crippen LogP contribution < -0.4 is 0 Å². The van der Waals surface area contributed by atoms with Crippen molar-refractivity contribution in [3.8, 4) is 12.8 Å². The summed E-state index contributed by atoms with van der Waals surface area (Å²) in [5.41, 5.74) is 9.68. The lowest BCUT2D eigenvalue weighted by atomic mass is 10.7. The Hall–Kier alpha value is -3.24. The number of rotatable bonds is 6. The van der Waals surface area contributed by atoms with Gasteiger partial charge in [0.25, 0.3) is 0 Å². The zero-order valence-electron chi connectivity index (χ0n) is 13.7. The van der Waals surface area contributed by atoms with Gasteiger partial charge < -0.3 is 10.6 Å². The first-order valence-electron chi connectivity index (χ1n) is 5.59. The molecule has 0 amide bonds. The minimum atomic E-state index is 0. The minimum Gasteiger partial charge on any atom is -0.412 e. The predicted octanol–water partition coefficient (Wildman–Crippen LogP) is 3.76. The Kier molecular flexibility index (Phi) is 113. The second-order valence-electron chi connectivity index (χ2n) is 1.92. The van der Waals surface area contributed by atoms with Gasteiger partial charge in [0.2, 0.25) is 0 Å². The molecule has 0 heterocycles. The molecule has 6 heteroatoms. The number of hydrogen-bond donors (Lipinski definition) is 1. The molecule has 0 aromatic rings. The molecule has 0 bridgehead atoms. The number of aliphatic hydroxyl groups excluding tert-OH is 1. The SMILES string of the molecule is C.C.C=C=COOC=C=C.C=C=COOC=C=CC.CO.O.[2H]C#C. The molecule has 0 atom stereocenters. The summed E-state index contributed by atoms with van der Waals surface area (Å²) in [6, 6.07) is 0. The van der Waals surface area contributed by atoms with Crippen molar-refractivity contribution in [1.82, 2.24) is 0 Å². The second kappa shape index (κ2) is 73.0. The van der Waals surface area contributed by atoms with E-state index in [4.69, 9.17) is 6.48 Å². The minimum absolute atomic E-state index is 0. The summed E-state index contributed by atoms with van der Waals surface area (Å²) in [5.74, 6) is 0. The average Bonchev–Trinajstić information content (AvgIpc) is 2.55. The Balaban J connectivity index is -0.0000000377. The van der Waals surface area contributed by atoms with Gasteiger partial charge >= 0.3 is 0 Å². The van der Waals surface area contributed by atoms with E-state index < -0.39 is 0 Å². The normalized spacial score (nSPS) is 4.67. The Bertz CT molecular complexity index is 436. The Labute approximate surface area is 147 Å². The fourth-order valence-corrected chi connectivity index (χ4v) is 0.309. The molecule has 0 spiro atoms. The third-order valence-corrected chi connectivity index (χ3v) is 0.788. The van der Waals surface area contributed by atoms with Gasteiger partial charge in [-0.15, -0.1) is 12.8 Å². The topological polar surface area (TPSA) is 88.7 Å². The largest absolute Gasteiger partial charge is 0.412 e. The zero-order valence-corrected chi connectivity index (χ0v) is 12.7. The summed E-state index contributed by atoms with van der Waals surface area (Å²) in [7, 11) is 1.00. The second-order valence-corrected chi connectivity index (χ2v) is 1.92. The van der Waals surface area contributed by atoms with E-state index in [0.717, 1.165) is 7.11 Å². The van der Waals surface area contributed by atoms with Crippen LogP contribution in [0.15, 0.2) is 73.8 Å². The van der Waals surface area contributed by atoms with E-state index in [0.29, 0.717) is 0 Å². The van der Waals surface area contributed by atoms with Crippen LogP contribution in [0.2, 0.25) is 0 Å². The van der Waals surface area contributed by atoms with Crippen LogP contribution in [0.3, 0.4) is 0 Å². The number of hydrogen-bond acceptors (Lipinski definition) is 5. The van der Waals surface area contributed by atoms with Gasteiger partial charge in [0, 0.05) is 7.11 Å². The molecule has 3 N–H and O–H groups in total. The van der Waals surface area contributed by atoms with Gasteiger partial charge in [-0.2, -0.15) is 0 Å². The van der Waals surface area contributed by atoms with Gasteiger partial charge in [-0.1, -0.05) is 57.5 Å². The quantitative estimate of drug-likeness (QED) is 0.198. The van der Waals surface area contributed by atoms with Gasteiger partial charge in [-0.05, 0) is 13.0 Å². The average molecular weight is 343 g/mol. The van der Waals surface area contributed by atoms with Crippen LogP contribution in [-0.4, -0.2) is 17.7 Å². The molecular formula is C18H30O6. The first-order chi connectivity index (χ1) is 10.7. The fourth-order valence-electron chi connectivity index (χ4n) is 0.309. The van der Waals surface area contributed by atoms with Crippen LogP contribution in [0, 0.1) is 12.8 Å². The van der Waals surface area contributed by atoms with Crippen LogP contribution >= 0.6 is 0 Å². The van der Waals surface area contributed by atoms with Crippen LogP contribution in [0.25, 0.3) is 0 Å². The molecule has 24 heavy (non-hydrogen) atoms. The van der Waals surface area contributed by atoms with Crippen LogP contribution in [0.5, 0.6) is 0 Å². The maximum absolute atomic E-state index is 7.00. The first-order valence-corrected chi connectivity index (χ1v) is 5.09. The molecule has 0 aromatic carbocycles. The maximum Gasteiger partial charge on any atom is 0.184 e. The van der Waals surface area contributed by atoms with Crippen molar-refractivity contribution < 1.29 is 31.5 Å². The van der Waals surface area contributed by atoms with E-state index in [9.17, 15) is 0 Å². The number of terminal acetylenes is 1. The molecule has 0 aromatic heterocycles. The van der Waals surface area contributed by atoms with Crippen molar-refractivity contribution >= 4 is 0 Å². The first kappa shape index (κ1) is 37.2. The third-order valence-electron chi connectivity index (χ3n) is 0.788. The highest BCUT2D eigenvalue weighted by Crippen LogP contribution is 1.78. The lowest BCUT2D eigenvalue weighted by molar-refractivity contribution is -0.195. The molecule has 0 saturated carbocycles. The Morgan fingerprint density at radius 3 is 1.33 bits per heavy atom. The van der Waals surface area contributed by atoms with Crippen molar-refractivity contribution in [3.05, 3.63) is 73.8 Å². The molecule has 138 valence electrons. The van der Waals surface area contributed by atoms with Crippen molar-refractivity contribution in [2.45, 2.75) is 21.8 Å². The molecule has 0 saturated heterocycles. The van der Waals surface area contributed by atoms with Gasteiger partial charge in [0.1, 0.15) is 1.37 Å². The van der Waals surface area contributed by atoms with E-state index in [1.54, 1.807) is 6.08 Å².